The Morgan fingerprint density at radius 3 is 2.85 bits per heavy atom. The molecule has 1 heterocycles. The molecule has 6 rings (SSSR count). The van der Waals surface area contributed by atoms with Crippen LogP contribution in [-0.2, 0) is 16.1 Å². The maximum Gasteiger partial charge on any atom is 0.260 e. The van der Waals surface area contributed by atoms with Crippen molar-refractivity contribution in [2.24, 2.45) is 33.7 Å². The van der Waals surface area contributed by atoms with Crippen molar-refractivity contribution in [1.29, 1.82) is 0 Å². The molecule has 4 aliphatic rings. The summed E-state index contributed by atoms with van der Waals surface area (Å²) < 4.78 is 0. The zero-order valence-corrected chi connectivity index (χ0v) is 23.3. The van der Waals surface area contributed by atoms with Gasteiger partial charge in [0.2, 0.25) is 0 Å². The summed E-state index contributed by atoms with van der Waals surface area (Å²) in [5.41, 5.74) is 3.78. The van der Waals surface area contributed by atoms with Gasteiger partial charge in [-0.1, -0.05) is 48.7 Å². The summed E-state index contributed by atoms with van der Waals surface area (Å²) in [5.74, 6) is 4.38. The minimum absolute atomic E-state index is 0.0686. The lowest BCUT2D eigenvalue weighted by Gasteiger charge is -2.58. The van der Waals surface area contributed by atoms with Crippen molar-refractivity contribution >= 4 is 22.5 Å². The number of carbonyl (C=O) groups excluding carboxylic acids is 1. The standard InChI is InChI=1S/C33H41N3O3/c1-4-33(38)17-13-28-26-10-9-23-19-24(11-15-31(23,2)27(26)12-16-32(28,33)3)36-39-21-30(37)34-18-14-22-20-35-29-8-6-5-7-25(22)29/h1,5-8,19-20,26-28,35,38H,9-18,21H2,2-3H3,(H,34,37)/b36-24+/t26-,27+,28+,31+,32+,33-/m0/s1. The summed E-state index contributed by atoms with van der Waals surface area (Å²) in [4.78, 5) is 21.1. The highest BCUT2D eigenvalue weighted by molar-refractivity contribution is 5.96. The lowest BCUT2D eigenvalue weighted by atomic mass is 9.46. The van der Waals surface area contributed by atoms with E-state index >= 15 is 0 Å². The maximum atomic E-state index is 12.3. The summed E-state index contributed by atoms with van der Waals surface area (Å²) in [5, 5.41) is 19.7. The van der Waals surface area contributed by atoms with Gasteiger partial charge in [0, 0.05) is 29.1 Å². The molecular formula is C33H41N3O3. The van der Waals surface area contributed by atoms with Crippen molar-refractivity contribution < 1.29 is 14.7 Å². The van der Waals surface area contributed by atoms with Gasteiger partial charge in [-0.2, -0.15) is 0 Å². The Morgan fingerprint density at radius 1 is 1.18 bits per heavy atom. The van der Waals surface area contributed by atoms with Crippen LogP contribution in [0.5, 0.6) is 0 Å². The van der Waals surface area contributed by atoms with E-state index in [4.69, 9.17) is 11.3 Å². The number of aliphatic hydroxyl groups is 1. The first kappa shape index (κ1) is 26.2. The molecule has 206 valence electrons. The number of benzene rings is 1. The number of para-hydroxylation sites is 1. The van der Waals surface area contributed by atoms with Crippen LogP contribution in [0.25, 0.3) is 10.9 Å². The topological polar surface area (TPSA) is 86.7 Å². The monoisotopic (exact) mass is 527 g/mol. The number of terminal acetylenes is 1. The Labute approximate surface area is 231 Å². The molecule has 3 N–H and O–H groups in total. The second kappa shape index (κ2) is 9.86. The highest BCUT2D eigenvalue weighted by Crippen LogP contribution is 2.67. The average Bonchev–Trinajstić information content (AvgIpc) is 3.47. The summed E-state index contributed by atoms with van der Waals surface area (Å²) >= 11 is 0. The second-order valence-corrected chi connectivity index (χ2v) is 12.8. The van der Waals surface area contributed by atoms with E-state index in [1.165, 1.54) is 16.5 Å². The largest absolute Gasteiger partial charge is 0.385 e. The van der Waals surface area contributed by atoms with Crippen molar-refractivity contribution in [2.75, 3.05) is 13.2 Å². The van der Waals surface area contributed by atoms with Crippen LogP contribution in [0, 0.1) is 40.9 Å². The molecule has 0 bridgehead atoms. The van der Waals surface area contributed by atoms with Gasteiger partial charge in [-0.15, -0.1) is 6.42 Å². The molecule has 4 aliphatic carbocycles. The highest BCUT2D eigenvalue weighted by Gasteiger charge is 2.63. The first-order valence-electron chi connectivity index (χ1n) is 14.7. The smallest absolute Gasteiger partial charge is 0.260 e. The first-order chi connectivity index (χ1) is 18.8. The maximum absolute atomic E-state index is 12.3. The van der Waals surface area contributed by atoms with E-state index in [0.717, 1.165) is 69.0 Å². The summed E-state index contributed by atoms with van der Waals surface area (Å²) in [6.45, 7) is 5.18. The molecule has 6 atom stereocenters. The molecule has 6 nitrogen and oxygen atoms in total. The van der Waals surface area contributed by atoms with E-state index in [0.29, 0.717) is 24.3 Å². The highest BCUT2D eigenvalue weighted by atomic mass is 16.6. The van der Waals surface area contributed by atoms with Crippen molar-refractivity contribution in [3.05, 3.63) is 47.7 Å². The van der Waals surface area contributed by atoms with Crippen LogP contribution in [0.4, 0.5) is 0 Å². The lowest BCUT2D eigenvalue weighted by Crippen LogP contribution is -2.54. The Kier molecular flexibility index (Phi) is 6.62. The van der Waals surface area contributed by atoms with Gasteiger partial charge in [0.1, 0.15) is 5.60 Å². The summed E-state index contributed by atoms with van der Waals surface area (Å²) in [6, 6.07) is 8.19. The van der Waals surface area contributed by atoms with Gasteiger partial charge in [-0.05, 0) is 98.7 Å². The third-order valence-electron chi connectivity index (χ3n) is 11.1. The second-order valence-electron chi connectivity index (χ2n) is 12.8. The number of carbonyl (C=O) groups is 1. The van der Waals surface area contributed by atoms with Crippen molar-refractivity contribution in [2.45, 2.75) is 77.2 Å². The van der Waals surface area contributed by atoms with Crippen LogP contribution in [0.15, 0.2) is 47.3 Å². The van der Waals surface area contributed by atoms with Crippen molar-refractivity contribution in [3.63, 3.8) is 0 Å². The fraction of sp³-hybridized carbons (Fsp3) is 0.576. The number of aromatic nitrogens is 1. The molecule has 1 aromatic carbocycles. The number of hydrogen-bond acceptors (Lipinski definition) is 4. The van der Waals surface area contributed by atoms with E-state index < -0.39 is 5.60 Å². The number of hydrogen-bond donors (Lipinski definition) is 3. The Hall–Kier alpha value is -3.04. The first-order valence-corrected chi connectivity index (χ1v) is 14.7. The Balaban J connectivity index is 1.03. The van der Waals surface area contributed by atoms with Crippen LogP contribution in [0.2, 0.25) is 0 Å². The molecule has 0 aliphatic heterocycles. The molecule has 0 saturated heterocycles. The Bertz CT molecular complexity index is 1370. The minimum Gasteiger partial charge on any atom is -0.385 e. The van der Waals surface area contributed by atoms with E-state index in [9.17, 15) is 9.90 Å². The zero-order valence-electron chi connectivity index (χ0n) is 23.3. The Morgan fingerprint density at radius 2 is 2.00 bits per heavy atom. The number of fused-ring (bicyclic) bond motifs is 6. The summed E-state index contributed by atoms with van der Waals surface area (Å²) in [7, 11) is 0. The molecule has 6 heteroatoms. The van der Waals surface area contributed by atoms with Crippen LogP contribution in [0.1, 0.15) is 70.8 Å². The van der Waals surface area contributed by atoms with Gasteiger partial charge >= 0.3 is 0 Å². The molecule has 2 aromatic rings. The number of aromatic amines is 1. The average molecular weight is 528 g/mol. The van der Waals surface area contributed by atoms with Crippen LogP contribution >= 0.6 is 0 Å². The van der Waals surface area contributed by atoms with Crippen LogP contribution < -0.4 is 5.32 Å². The van der Waals surface area contributed by atoms with Crippen molar-refractivity contribution in [3.8, 4) is 12.3 Å². The molecule has 0 spiro atoms. The van der Waals surface area contributed by atoms with Gasteiger partial charge in [0.05, 0.1) is 5.71 Å². The fourth-order valence-electron chi connectivity index (χ4n) is 8.80. The lowest BCUT2D eigenvalue weighted by molar-refractivity contribution is -0.125. The van der Waals surface area contributed by atoms with Gasteiger partial charge < -0.3 is 20.2 Å². The third-order valence-corrected chi connectivity index (χ3v) is 11.1. The van der Waals surface area contributed by atoms with E-state index in [-0.39, 0.29) is 23.3 Å². The summed E-state index contributed by atoms with van der Waals surface area (Å²) in [6.07, 6.45) is 18.9. The molecule has 1 aromatic heterocycles. The normalized spacial score (nSPS) is 36.4. The number of H-pyrrole nitrogens is 1. The predicted molar refractivity (Wildman–Crippen MR) is 154 cm³/mol. The van der Waals surface area contributed by atoms with Gasteiger partial charge in [-0.25, -0.2) is 0 Å². The molecule has 39 heavy (non-hydrogen) atoms. The van der Waals surface area contributed by atoms with E-state index in [1.807, 2.05) is 18.3 Å². The zero-order chi connectivity index (χ0) is 27.3. The number of rotatable bonds is 6. The minimum atomic E-state index is -0.952. The van der Waals surface area contributed by atoms with E-state index in [1.54, 1.807) is 0 Å². The number of oxime groups is 1. The number of nitrogens with zero attached hydrogens (tertiary/aromatic N) is 1. The van der Waals surface area contributed by atoms with Crippen LogP contribution in [-0.4, -0.2) is 40.5 Å². The molecular weight excluding hydrogens is 486 g/mol. The van der Waals surface area contributed by atoms with Crippen LogP contribution in [0.3, 0.4) is 0 Å². The number of nitrogens with one attached hydrogen (secondary N) is 2. The van der Waals surface area contributed by atoms with Gasteiger partial charge in [0.15, 0.2) is 6.61 Å². The molecule has 3 saturated carbocycles. The number of allylic oxidation sites excluding steroid dienone is 2. The molecule has 0 unspecified atom stereocenters. The van der Waals surface area contributed by atoms with Gasteiger partial charge in [0.25, 0.3) is 5.91 Å². The third kappa shape index (κ3) is 4.30. The molecule has 1 amide bonds. The quantitative estimate of drug-likeness (QED) is 0.341. The predicted octanol–water partition coefficient (Wildman–Crippen LogP) is 5.53. The molecule has 3 fully saturated rings. The SMILES string of the molecule is C#C[C@]1(O)CC[C@@H]2[C@H]3CCC4=C/C(=N/OCC(=O)NCCc5c[nH]c6ccccc56)CC[C@@]4(C)[C@@H]3CC[C@]21C. The van der Waals surface area contributed by atoms with Crippen molar-refractivity contribution in [1.82, 2.24) is 10.3 Å². The van der Waals surface area contributed by atoms with E-state index in [2.05, 4.69) is 53.4 Å². The number of amides is 1. The fourth-order valence-corrected chi connectivity index (χ4v) is 8.80. The molecule has 0 radical (unpaired) electrons. The van der Waals surface area contributed by atoms with Gasteiger partial charge in [-0.3, -0.25) is 4.79 Å².